The van der Waals surface area contributed by atoms with Crippen molar-refractivity contribution in [2.75, 3.05) is 19.8 Å². The number of carbonyl (C=O) groups is 4. The third-order valence-electron chi connectivity index (χ3n) is 6.59. The molecule has 1 aromatic carbocycles. The Morgan fingerprint density at radius 3 is 2.39 bits per heavy atom. The molecule has 0 atom stereocenters. The van der Waals surface area contributed by atoms with Crippen LogP contribution in [0.2, 0.25) is 0 Å². The van der Waals surface area contributed by atoms with Crippen LogP contribution in [-0.4, -0.2) is 63.8 Å². The van der Waals surface area contributed by atoms with Gasteiger partial charge in [-0.3, -0.25) is 19.3 Å². The summed E-state index contributed by atoms with van der Waals surface area (Å²) in [5, 5.41) is 0. The second-order valence-corrected chi connectivity index (χ2v) is 8.66. The minimum atomic E-state index is -0.930. The van der Waals surface area contributed by atoms with E-state index in [1.54, 1.807) is 13.0 Å². The molecule has 3 heterocycles. The molecule has 3 aliphatic rings. The monoisotopic (exact) mass is 451 g/mol. The van der Waals surface area contributed by atoms with Gasteiger partial charge in [0.2, 0.25) is 0 Å². The lowest BCUT2D eigenvalue weighted by Crippen LogP contribution is -2.41. The van der Waals surface area contributed by atoms with Crippen molar-refractivity contribution in [3.05, 3.63) is 41.2 Å². The Bertz CT molecular complexity index is 1180. The molecule has 0 N–H and O–H groups in total. The Balaban J connectivity index is 1.39. The summed E-state index contributed by atoms with van der Waals surface area (Å²) in [6.45, 7) is 4.19. The Labute approximate surface area is 190 Å². The van der Waals surface area contributed by atoms with E-state index in [-0.39, 0.29) is 6.04 Å². The van der Waals surface area contributed by atoms with E-state index < -0.39 is 30.2 Å². The number of aryl methyl sites for hydroxylation is 1. The molecule has 2 aromatic rings. The minimum Gasteiger partial charge on any atom is -0.486 e. The van der Waals surface area contributed by atoms with E-state index in [1.807, 2.05) is 29.7 Å². The highest BCUT2D eigenvalue weighted by molar-refractivity contribution is 6.45. The van der Waals surface area contributed by atoms with Crippen LogP contribution in [0.3, 0.4) is 0 Å². The van der Waals surface area contributed by atoms with Gasteiger partial charge in [0.15, 0.2) is 17.3 Å². The van der Waals surface area contributed by atoms with Crippen molar-refractivity contribution in [2.24, 2.45) is 0 Å². The van der Waals surface area contributed by atoms with E-state index in [0.717, 1.165) is 34.0 Å². The van der Waals surface area contributed by atoms with Gasteiger partial charge >= 0.3 is 17.8 Å². The van der Waals surface area contributed by atoms with Crippen molar-refractivity contribution in [1.29, 1.82) is 0 Å². The molecule has 1 saturated heterocycles. The van der Waals surface area contributed by atoms with Crippen molar-refractivity contribution in [3.8, 4) is 17.2 Å². The summed E-state index contributed by atoms with van der Waals surface area (Å²) in [4.78, 5) is 52.7. The first kappa shape index (κ1) is 21.2. The average molecular weight is 451 g/mol. The van der Waals surface area contributed by atoms with Crippen molar-refractivity contribution in [2.45, 2.75) is 45.6 Å². The largest absolute Gasteiger partial charge is 0.486 e. The van der Waals surface area contributed by atoms with Gasteiger partial charge in [-0.2, -0.15) is 0 Å². The molecule has 9 heteroatoms. The summed E-state index contributed by atoms with van der Waals surface area (Å²) in [7, 11) is 0. The quantitative estimate of drug-likeness (QED) is 0.394. The van der Waals surface area contributed by atoms with Crippen molar-refractivity contribution < 1.29 is 28.7 Å². The first-order valence-corrected chi connectivity index (χ1v) is 11.2. The number of imide groups is 2. The first-order chi connectivity index (χ1) is 15.9. The molecule has 172 valence electrons. The number of hydrogen-bond acceptors (Lipinski definition) is 6. The van der Waals surface area contributed by atoms with Crippen LogP contribution < -0.4 is 9.47 Å². The summed E-state index contributed by atoms with van der Waals surface area (Å²) in [5.74, 6) is -0.846. The lowest BCUT2D eigenvalue weighted by atomic mass is 10.1. The molecular weight excluding hydrogens is 426 g/mol. The van der Waals surface area contributed by atoms with Gasteiger partial charge in [-0.05, 0) is 44.9 Å². The smallest absolute Gasteiger partial charge is 0.334 e. The lowest BCUT2D eigenvalue weighted by molar-refractivity contribution is -0.143. The number of Topliss-reactive ketones (excluding diaryl/α,β-unsaturated/α-hetero) is 1. The van der Waals surface area contributed by atoms with Gasteiger partial charge in [0.1, 0.15) is 13.2 Å². The molecule has 0 spiro atoms. The Hall–Kier alpha value is -3.62. The number of fused-ring (bicyclic) bond motifs is 1. The fourth-order valence-corrected chi connectivity index (χ4v) is 4.99. The van der Waals surface area contributed by atoms with E-state index in [1.165, 1.54) is 0 Å². The minimum absolute atomic E-state index is 0.255. The van der Waals surface area contributed by atoms with Crippen molar-refractivity contribution >= 4 is 23.6 Å². The number of ketones is 1. The molecule has 2 aliphatic heterocycles. The second kappa shape index (κ2) is 8.06. The Morgan fingerprint density at radius 2 is 1.67 bits per heavy atom. The molecule has 4 amide bonds. The van der Waals surface area contributed by atoms with Gasteiger partial charge in [0.25, 0.3) is 0 Å². The second-order valence-electron chi connectivity index (χ2n) is 8.66. The fraction of sp³-hybridized carbons (Fsp3) is 0.417. The predicted octanol–water partition coefficient (Wildman–Crippen LogP) is 2.78. The van der Waals surface area contributed by atoms with Crippen molar-refractivity contribution in [3.63, 3.8) is 0 Å². The Kier molecular flexibility index (Phi) is 5.19. The summed E-state index contributed by atoms with van der Waals surface area (Å²) in [6, 6.07) is 6.35. The van der Waals surface area contributed by atoms with E-state index in [2.05, 4.69) is 0 Å². The summed E-state index contributed by atoms with van der Waals surface area (Å²) < 4.78 is 13.2. The molecule has 33 heavy (non-hydrogen) atoms. The molecule has 1 saturated carbocycles. The van der Waals surface area contributed by atoms with E-state index in [0.29, 0.717) is 48.8 Å². The number of benzene rings is 1. The van der Waals surface area contributed by atoms with Crippen LogP contribution in [0.1, 0.15) is 47.4 Å². The van der Waals surface area contributed by atoms with Crippen LogP contribution in [0, 0.1) is 13.8 Å². The maximum absolute atomic E-state index is 13.1. The lowest BCUT2D eigenvalue weighted by Gasteiger charge is -2.21. The molecule has 5 rings (SSSR count). The highest BCUT2D eigenvalue weighted by atomic mass is 16.6. The SMILES string of the molecule is Cc1cc(C(=O)CN2C(=O)C(=O)N(C3CCCC3)C2=O)c(C)n1-c1ccc2c(c1)OCCO2. The maximum Gasteiger partial charge on any atom is 0.334 e. The average Bonchev–Trinajstić information content (AvgIpc) is 3.48. The third kappa shape index (κ3) is 3.48. The highest BCUT2D eigenvalue weighted by Gasteiger charge is 2.48. The zero-order chi connectivity index (χ0) is 23.3. The van der Waals surface area contributed by atoms with Gasteiger partial charge in [-0.25, -0.2) is 9.69 Å². The molecule has 9 nitrogen and oxygen atoms in total. The number of carbonyl (C=O) groups excluding carboxylic acids is 4. The first-order valence-electron chi connectivity index (χ1n) is 11.2. The number of ether oxygens (including phenoxy) is 2. The number of aromatic nitrogens is 1. The zero-order valence-electron chi connectivity index (χ0n) is 18.6. The van der Waals surface area contributed by atoms with Crippen LogP contribution in [0.25, 0.3) is 5.69 Å². The number of rotatable bonds is 5. The van der Waals surface area contributed by atoms with Crippen LogP contribution >= 0.6 is 0 Å². The highest BCUT2D eigenvalue weighted by Crippen LogP contribution is 2.34. The molecule has 0 unspecified atom stereocenters. The normalized spacial score (nSPS) is 18.5. The van der Waals surface area contributed by atoms with Gasteiger partial charge in [0.05, 0.1) is 6.54 Å². The number of hydrogen-bond donors (Lipinski definition) is 0. The molecule has 1 aliphatic carbocycles. The van der Waals surface area contributed by atoms with Crippen molar-refractivity contribution in [1.82, 2.24) is 14.4 Å². The molecular formula is C24H25N3O6. The summed E-state index contributed by atoms with van der Waals surface area (Å²) >= 11 is 0. The standard InChI is InChI=1S/C24H25N3O6/c1-14-11-18(15(2)26(14)17-7-8-20-21(12-17)33-10-9-32-20)19(28)13-25-22(29)23(30)27(24(25)31)16-5-3-4-6-16/h7-8,11-12,16H,3-6,9-10,13H2,1-2H3. The Morgan fingerprint density at radius 1 is 0.970 bits per heavy atom. The number of amides is 4. The summed E-state index contributed by atoms with van der Waals surface area (Å²) in [6.07, 6.45) is 3.23. The van der Waals surface area contributed by atoms with Gasteiger partial charge in [-0.15, -0.1) is 0 Å². The molecule has 0 bridgehead atoms. The van der Waals surface area contributed by atoms with Gasteiger partial charge < -0.3 is 14.0 Å². The third-order valence-corrected chi connectivity index (χ3v) is 6.59. The number of urea groups is 1. The predicted molar refractivity (Wildman–Crippen MR) is 117 cm³/mol. The van der Waals surface area contributed by atoms with Gasteiger partial charge in [0, 0.05) is 34.7 Å². The van der Waals surface area contributed by atoms with E-state index in [9.17, 15) is 19.2 Å². The number of nitrogens with zero attached hydrogens (tertiary/aromatic N) is 3. The molecule has 0 radical (unpaired) electrons. The van der Waals surface area contributed by atoms with Crippen LogP contribution in [0.15, 0.2) is 24.3 Å². The zero-order valence-corrected chi connectivity index (χ0v) is 18.6. The van der Waals surface area contributed by atoms with Gasteiger partial charge in [-0.1, -0.05) is 12.8 Å². The van der Waals surface area contributed by atoms with Crippen LogP contribution in [-0.2, 0) is 9.59 Å². The van der Waals surface area contributed by atoms with E-state index in [4.69, 9.17) is 9.47 Å². The topological polar surface area (TPSA) is 98.2 Å². The molecule has 1 aromatic heterocycles. The van der Waals surface area contributed by atoms with Crippen LogP contribution in [0.4, 0.5) is 4.79 Å². The summed E-state index contributed by atoms with van der Waals surface area (Å²) in [5.41, 5.74) is 2.70. The van der Waals surface area contributed by atoms with Crippen LogP contribution in [0.5, 0.6) is 11.5 Å². The molecule has 2 fully saturated rings. The van der Waals surface area contributed by atoms with E-state index >= 15 is 0 Å². The fourth-order valence-electron chi connectivity index (χ4n) is 4.99. The maximum atomic E-state index is 13.1.